The molecule has 0 unspecified atom stereocenters. The number of carbonyl (C=O) groups is 1. The Bertz CT molecular complexity index is 949. The number of hydrogen-bond donors (Lipinski definition) is 1. The van der Waals surface area contributed by atoms with Crippen LogP contribution in [0.5, 0.6) is 5.75 Å². The zero-order valence-electron chi connectivity index (χ0n) is 15.8. The van der Waals surface area contributed by atoms with Gasteiger partial charge in [0.25, 0.3) is 0 Å². The molecule has 1 aromatic heterocycles. The topological polar surface area (TPSA) is 48.6 Å². The second-order valence-corrected chi connectivity index (χ2v) is 7.06. The van der Waals surface area contributed by atoms with Crippen LogP contribution in [0.1, 0.15) is 12.5 Å². The second kappa shape index (κ2) is 7.35. The number of fused-ring (bicyclic) bond motifs is 2. The Morgan fingerprint density at radius 2 is 2.00 bits per heavy atom. The first-order valence-corrected chi connectivity index (χ1v) is 9.45. The van der Waals surface area contributed by atoms with Crippen molar-refractivity contribution in [3.63, 3.8) is 0 Å². The van der Waals surface area contributed by atoms with Gasteiger partial charge in [-0.3, -0.25) is 4.79 Å². The molecule has 1 atom stereocenters. The molecule has 0 fully saturated rings. The minimum atomic E-state index is -0.0308. The smallest absolute Gasteiger partial charge is 0.226 e. The Hall–Kier alpha value is -2.95. The molecule has 0 saturated carbocycles. The van der Waals surface area contributed by atoms with Gasteiger partial charge < -0.3 is 19.5 Å². The Kier molecular flexibility index (Phi) is 4.75. The van der Waals surface area contributed by atoms with E-state index in [1.54, 1.807) is 4.90 Å². The van der Waals surface area contributed by atoms with E-state index in [0.29, 0.717) is 13.0 Å². The fraction of sp³-hybridized carbons (Fsp3) is 0.318. The largest absolute Gasteiger partial charge is 0.485 e. The Morgan fingerprint density at radius 3 is 2.85 bits per heavy atom. The molecule has 1 amide bonds. The van der Waals surface area contributed by atoms with Gasteiger partial charge in [0.15, 0.2) is 0 Å². The van der Waals surface area contributed by atoms with Crippen molar-refractivity contribution in [1.29, 1.82) is 0 Å². The van der Waals surface area contributed by atoms with Crippen LogP contribution in [0.4, 0.5) is 5.69 Å². The first kappa shape index (κ1) is 17.5. The highest BCUT2D eigenvalue weighted by Crippen LogP contribution is 2.32. The molecular formula is C22H25N3O2. The van der Waals surface area contributed by atoms with Gasteiger partial charge in [-0.2, -0.15) is 0 Å². The summed E-state index contributed by atoms with van der Waals surface area (Å²) in [7, 11) is 1.86. The number of para-hydroxylation sites is 3. The normalized spacial score (nSPS) is 16.1. The maximum atomic E-state index is 12.8. The van der Waals surface area contributed by atoms with Gasteiger partial charge in [-0.1, -0.05) is 30.3 Å². The molecule has 0 aliphatic carbocycles. The average molecular weight is 363 g/mol. The van der Waals surface area contributed by atoms with Crippen LogP contribution in [0.25, 0.3) is 10.9 Å². The second-order valence-electron chi connectivity index (χ2n) is 7.06. The third kappa shape index (κ3) is 3.50. The summed E-state index contributed by atoms with van der Waals surface area (Å²) < 4.78 is 6.15. The number of aromatic nitrogens is 1. The quantitative estimate of drug-likeness (QED) is 0.755. The van der Waals surface area contributed by atoms with Gasteiger partial charge in [-0.05, 0) is 30.7 Å². The predicted molar refractivity (Wildman–Crippen MR) is 108 cm³/mol. The minimum absolute atomic E-state index is 0.0308. The number of nitrogens with zero attached hydrogens (tertiary/aromatic N) is 2. The third-order valence-electron chi connectivity index (χ3n) is 5.23. The number of likely N-dealkylation sites (N-methyl/N-ethyl adjacent to an activating group) is 2. The summed E-state index contributed by atoms with van der Waals surface area (Å²) >= 11 is 0. The molecule has 2 aromatic carbocycles. The summed E-state index contributed by atoms with van der Waals surface area (Å²) in [6, 6.07) is 16.2. The number of H-pyrrole nitrogens is 1. The molecule has 0 saturated heterocycles. The maximum Gasteiger partial charge on any atom is 0.226 e. The summed E-state index contributed by atoms with van der Waals surface area (Å²) in [5.41, 5.74) is 3.23. The minimum Gasteiger partial charge on any atom is -0.485 e. The number of amides is 1. The summed E-state index contributed by atoms with van der Waals surface area (Å²) in [5, 5.41) is 1.11. The lowest BCUT2D eigenvalue weighted by atomic mass is 10.1. The lowest BCUT2D eigenvalue weighted by Crippen LogP contribution is -2.47. The average Bonchev–Trinajstić information content (AvgIpc) is 3.10. The van der Waals surface area contributed by atoms with Gasteiger partial charge in [0.2, 0.25) is 5.91 Å². The standard InChI is InChI=1S/C22H25N3O2/c1-3-25-15-17(27-21-11-7-6-10-20(21)25)14-24(2)22(26)12-16-13-23-19-9-5-4-8-18(16)19/h4-11,13,17,23H,3,12,14-15H2,1-2H3/t17-/m0/s1. The number of anilines is 1. The van der Waals surface area contributed by atoms with Crippen LogP contribution in [0.2, 0.25) is 0 Å². The van der Waals surface area contributed by atoms with Gasteiger partial charge in [0.05, 0.1) is 25.2 Å². The van der Waals surface area contributed by atoms with Gasteiger partial charge >= 0.3 is 0 Å². The predicted octanol–water partition coefficient (Wildman–Crippen LogP) is 3.46. The van der Waals surface area contributed by atoms with Crippen LogP contribution in [-0.2, 0) is 11.2 Å². The van der Waals surface area contributed by atoms with Gasteiger partial charge in [0.1, 0.15) is 11.9 Å². The van der Waals surface area contributed by atoms with Gasteiger partial charge in [-0.15, -0.1) is 0 Å². The third-order valence-corrected chi connectivity index (χ3v) is 5.23. The number of ether oxygens (including phenoxy) is 1. The SMILES string of the molecule is CCN1C[C@H](CN(C)C(=O)Cc2c[nH]c3ccccc23)Oc2ccccc21. The van der Waals surface area contributed by atoms with Gasteiger partial charge in [0, 0.05) is 30.7 Å². The van der Waals surface area contributed by atoms with Crippen molar-refractivity contribution in [3.05, 3.63) is 60.3 Å². The molecule has 0 radical (unpaired) electrons. The van der Waals surface area contributed by atoms with Crippen molar-refractivity contribution in [2.24, 2.45) is 0 Å². The van der Waals surface area contributed by atoms with E-state index in [-0.39, 0.29) is 12.0 Å². The first-order chi connectivity index (χ1) is 13.2. The molecule has 3 aromatic rings. The van der Waals surface area contributed by atoms with Crippen molar-refractivity contribution in [1.82, 2.24) is 9.88 Å². The number of nitrogens with one attached hydrogen (secondary N) is 1. The number of benzene rings is 2. The Labute approximate surface area is 159 Å². The lowest BCUT2D eigenvalue weighted by Gasteiger charge is -2.37. The first-order valence-electron chi connectivity index (χ1n) is 9.45. The monoisotopic (exact) mass is 363 g/mol. The molecule has 1 aliphatic rings. The highest BCUT2D eigenvalue weighted by Gasteiger charge is 2.26. The van der Waals surface area contributed by atoms with Crippen LogP contribution in [0.15, 0.2) is 54.7 Å². The number of carbonyl (C=O) groups excluding carboxylic acids is 1. The van der Waals surface area contributed by atoms with E-state index < -0.39 is 0 Å². The van der Waals surface area contributed by atoms with E-state index in [9.17, 15) is 4.79 Å². The molecule has 1 N–H and O–H groups in total. The highest BCUT2D eigenvalue weighted by molar-refractivity contribution is 5.88. The fourth-order valence-electron chi connectivity index (χ4n) is 3.76. The molecular weight excluding hydrogens is 338 g/mol. The van der Waals surface area contributed by atoms with Gasteiger partial charge in [-0.25, -0.2) is 0 Å². The zero-order chi connectivity index (χ0) is 18.8. The van der Waals surface area contributed by atoms with E-state index in [1.807, 2.05) is 49.6 Å². The summed E-state index contributed by atoms with van der Waals surface area (Å²) in [6.07, 6.45) is 2.29. The van der Waals surface area contributed by atoms with E-state index in [0.717, 1.165) is 41.0 Å². The molecule has 140 valence electrons. The van der Waals surface area contributed by atoms with E-state index in [4.69, 9.17) is 4.74 Å². The Morgan fingerprint density at radius 1 is 1.22 bits per heavy atom. The van der Waals surface area contributed by atoms with E-state index >= 15 is 0 Å². The fourth-order valence-corrected chi connectivity index (χ4v) is 3.76. The summed E-state index contributed by atoms with van der Waals surface area (Å²) in [6.45, 7) is 4.43. The van der Waals surface area contributed by atoms with Crippen LogP contribution in [0, 0.1) is 0 Å². The van der Waals surface area contributed by atoms with Crippen LogP contribution >= 0.6 is 0 Å². The summed E-state index contributed by atoms with van der Waals surface area (Å²) in [5.74, 6) is 0.998. The zero-order valence-corrected chi connectivity index (χ0v) is 15.8. The Balaban J connectivity index is 1.43. The molecule has 0 spiro atoms. The lowest BCUT2D eigenvalue weighted by molar-refractivity contribution is -0.130. The molecule has 4 rings (SSSR count). The van der Waals surface area contributed by atoms with Crippen LogP contribution in [-0.4, -0.2) is 48.6 Å². The highest BCUT2D eigenvalue weighted by atomic mass is 16.5. The van der Waals surface area contributed by atoms with Crippen molar-refractivity contribution in [3.8, 4) is 5.75 Å². The molecule has 2 heterocycles. The molecule has 5 nitrogen and oxygen atoms in total. The van der Waals surface area contributed by atoms with Crippen molar-refractivity contribution < 1.29 is 9.53 Å². The molecule has 27 heavy (non-hydrogen) atoms. The van der Waals surface area contributed by atoms with E-state index in [2.05, 4.69) is 28.9 Å². The van der Waals surface area contributed by atoms with E-state index in [1.165, 1.54) is 0 Å². The summed E-state index contributed by atoms with van der Waals surface area (Å²) in [4.78, 5) is 20.1. The number of aromatic amines is 1. The molecule has 0 bridgehead atoms. The molecule has 1 aliphatic heterocycles. The molecule has 5 heteroatoms. The number of rotatable bonds is 5. The van der Waals surface area contributed by atoms with Crippen LogP contribution in [0.3, 0.4) is 0 Å². The number of hydrogen-bond acceptors (Lipinski definition) is 3. The van der Waals surface area contributed by atoms with Crippen molar-refractivity contribution in [2.45, 2.75) is 19.4 Å². The van der Waals surface area contributed by atoms with Crippen molar-refractivity contribution >= 4 is 22.5 Å². The van der Waals surface area contributed by atoms with Crippen LogP contribution < -0.4 is 9.64 Å². The van der Waals surface area contributed by atoms with Crippen molar-refractivity contribution in [2.75, 3.05) is 31.6 Å². The maximum absolute atomic E-state index is 12.8.